The Bertz CT molecular complexity index is 1320. The van der Waals surface area contributed by atoms with Crippen LogP contribution in [0, 0.1) is 0 Å². The molecule has 168 valence electrons. The second-order valence-corrected chi connectivity index (χ2v) is 8.32. The Kier molecular flexibility index (Phi) is 6.17. The lowest BCUT2D eigenvalue weighted by Gasteiger charge is -2.12. The van der Waals surface area contributed by atoms with E-state index in [1.807, 2.05) is 19.1 Å². The lowest BCUT2D eigenvalue weighted by Crippen LogP contribution is -2.38. The number of aromatic nitrogens is 4. The van der Waals surface area contributed by atoms with Crippen LogP contribution >= 0.6 is 11.8 Å². The molecule has 1 aliphatic rings. The number of hydrogen-bond acceptors (Lipinski definition) is 8. The van der Waals surface area contributed by atoms with Gasteiger partial charge in [0.25, 0.3) is 5.56 Å². The maximum absolute atomic E-state index is 12.8. The zero-order chi connectivity index (χ0) is 22.8. The SMILES string of the molecule is CCCc1nc(SCC(=O)NCc2ccc3c(c2)OCO3)c2c(=O)n(C)c(=O)n(C)c2n1. The molecular formula is C21H23N5O5S. The molecule has 0 unspecified atom stereocenters. The number of amides is 1. The van der Waals surface area contributed by atoms with Crippen LogP contribution in [0.25, 0.3) is 11.0 Å². The maximum Gasteiger partial charge on any atom is 0.332 e. The molecule has 11 heteroatoms. The average molecular weight is 458 g/mol. The molecule has 0 saturated heterocycles. The second-order valence-electron chi connectivity index (χ2n) is 7.35. The zero-order valence-corrected chi connectivity index (χ0v) is 18.8. The Morgan fingerprint density at radius 1 is 1.16 bits per heavy atom. The van der Waals surface area contributed by atoms with Crippen LogP contribution in [-0.2, 0) is 31.9 Å². The molecule has 0 spiro atoms. The van der Waals surface area contributed by atoms with Crippen LogP contribution < -0.4 is 26.0 Å². The molecule has 1 N–H and O–H groups in total. The molecule has 3 aromatic rings. The van der Waals surface area contributed by atoms with Gasteiger partial charge < -0.3 is 14.8 Å². The summed E-state index contributed by atoms with van der Waals surface area (Å²) in [6, 6.07) is 5.50. The van der Waals surface area contributed by atoms with Crippen molar-refractivity contribution in [1.29, 1.82) is 0 Å². The van der Waals surface area contributed by atoms with Crippen LogP contribution in [0.5, 0.6) is 11.5 Å². The Morgan fingerprint density at radius 3 is 2.72 bits per heavy atom. The standard InChI is InChI=1S/C21H23N5O5S/c1-4-5-15-23-18-17(20(28)26(3)21(29)25(18)2)19(24-15)32-10-16(27)22-9-12-6-7-13-14(8-12)31-11-30-13/h6-8H,4-5,9-11H2,1-3H3,(H,22,27). The van der Waals surface area contributed by atoms with E-state index in [1.165, 1.54) is 11.6 Å². The number of nitrogens with zero attached hydrogens (tertiary/aromatic N) is 4. The summed E-state index contributed by atoms with van der Waals surface area (Å²) in [5.41, 5.74) is 0.226. The van der Waals surface area contributed by atoms with E-state index >= 15 is 0 Å². The minimum atomic E-state index is -0.477. The van der Waals surface area contributed by atoms with Crippen molar-refractivity contribution in [2.24, 2.45) is 14.1 Å². The van der Waals surface area contributed by atoms with Crippen LogP contribution in [0.4, 0.5) is 0 Å². The Balaban J connectivity index is 1.53. The molecule has 0 aliphatic carbocycles. The van der Waals surface area contributed by atoms with E-state index in [-0.39, 0.29) is 29.5 Å². The molecule has 0 radical (unpaired) electrons. The van der Waals surface area contributed by atoms with Gasteiger partial charge in [-0.05, 0) is 24.1 Å². The normalized spacial score (nSPS) is 12.3. The monoisotopic (exact) mass is 457 g/mol. The van der Waals surface area contributed by atoms with E-state index in [9.17, 15) is 14.4 Å². The number of fused-ring (bicyclic) bond motifs is 2. The van der Waals surface area contributed by atoms with E-state index in [4.69, 9.17) is 9.47 Å². The van der Waals surface area contributed by atoms with Crippen molar-refractivity contribution in [3.8, 4) is 11.5 Å². The zero-order valence-electron chi connectivity index (χ0n) is 18.0. The third-order valence-corrected chi connectivity index (χ3v) is 6.03. The quantitative estimate of drug-likeness (QED) is 0.414. The summed E-state index contributed by atoms with van der Waals surface area (Å²) in [6.45, 7) is 2.52. The van der Waals surface area contributed by atoms with E-state index in [0.29, 0.717) is 35.3 Å². The van der Waals surface area contributed by atoms with Gasteiger partial charge in [-0.3, -0.25) is 18.7 Å². The largest absolute Gasteiger partial charge is 0.454 e. The highest BCUT2D eigenvalue weighted by molar-refractivity contribution is 8.00. The summed E-state index contributed by atoms with van der Waals surface area (Å²) in [7, 11) is 2.98. The van der Waals surface area contributed by atoms with E-state index < -0.39 is 11.2 Å². The molecule has 2 aromatic heterocycles. The fourth-order valence-electron chi connectivity index (χ4n) is 3.35. The summed E-state index contributed by atoms with van der Waals surface area (Å²) in [4.78, 5) is 46.5. The predicted octanol–water partition coefficient (Wildman–Crippen LogP) is 1.12. The first kappa shape index (κ1) is 21.9. The molecule has 0 saturated carbocycles. The summed E-state index contributed by atoms with van der Waals surface area (Å²) < 4.78 is 13.0. The highest BCUT2D eigenvalue weighted by atomic mass is 32.2. The minimum absolute atomic E-state index is 0.0637. The van der Waals surface area contributed by atoms with Gasteiger partial charge in [0.15, 0.2) is 17.1 Å². The highest BCUT2D eigenvalue weighted by Gasteiger charge is 2.18. The summed E-state index contributed by atoms with van der Waals surface area (Å²) in [6.07, 6.45) is 1.41. The summed E-state index contributed by atoms with van der Waals surface area (Å²) >= 11 is 1.15. The predicted molar refractivity (Wildman–Crippen MR) is 119 cm³/mol. The van der Waals surface area contributed by atoms with Gasteiger partial charge in [-0.15, -0.1) is 0 Å². The molecule has 10 nitrogen and oxygen atoms in total. The molecule has 1 amide bonds. The van der Waals surface area contributed by atoms with Crippen LogP contribution in [0.1, 0.15) is 24.7 Å². The molecular weight excluding hydrogens is 434 g/mol. The van der Waals surface area contributed by atoms with E-state index in [0.717, 1.165) is 28.3 Å². The lowest BCUT2D eigenvalue weighted by molar-refractivity contribution is -0.118. The van der Waals surface area contributed by atoms with E-state index in [1.54, 1.807) is 13.1 Å². The number of thioether (sulfide) groups is 1. The number of nitrogens with one attached hydrogen (secondary N) is 1. The van der Waals surface area contributed by atoms with Crippen molar-refractivity contribution in [2.45, 2.75) is 31.3 Å². The molecule has 1 aliphatic heterocycles. The van der Waals surface area contributed by atoms with Gasteiger partial charge in [-0.1, -0.05) is 24.8 Å². The first-order valence-electron chi connectivity index (χ1n) is 10.1. The third kappa shape index (κ3) is 4.20. The first-order chi connectivity index (χ1) is 15.4. The molecule has 32 heavy (non-hydrogen) atoms. The van der Waals surface area contributed by atoms with Gasteiger partial charge in [0.05, 0.1) is 5.75 Å². The molecule has 4 rings (SSSR count). The molecule has 0 bridgehead atoms. The first-order valence-corrected chi connectivity index (χ1v) is 11.1. The average Bonchev–Trinajstić information content (AvgIpc) is 3.26. The maximum atomic E-state index is 12.8. The van der Waals surface area contributed by atoms with Crippen molar-refractivity contribution in [2.75, 3.05) is 12.5 Å². The molecule has 0 atom stereocenters. The van der Waals surface area contributed by atoms with Crippen molar-refractivity contribution >= 4 is 28.7 Å². The number of ether oxygens (including phenoxy) is 2. The number of rotatable bonds is 7. The van der Waals surface area contributed by atoms with Gasteiger partial charge in [0.1, 0.15) is 16.2 Å². The molecule has 0 fully saturated rings. The van der Waals surface area contributed by atoms with Gasteiger partial charge in [-0.2, -0.15) is 0 Å². The van der Waals surface area contributed by atoms with Gasteiger partial charge in [0, 0.05) is 27.1 Å². The van der Waals surface area contributed by atoms with Crippen molar-refractivity contribution in [3.63, 3.8) is 0 Å². The Hall–Kier alpha value is -3.34. The number of carbonyl (C=O) groups is 1. The third-order valence-electron chi connectivity index (χ3n) is 5.05. The number of carbonyl (C=O) groups excluding carboxylic acids is 1. The smallest absolute Gasteiger partial charge is 0.332 e. The summed E-state index contributed by atoms with van der Waals surface area (Å²) in [5.74, 6) is 1.73. The highest BCUT2D eigenvalue weighted by Crippen LogP contribution is 2.32. The fraction of sp³-hybridized carbons (Fsp3) is 0.381. The van der Waals surface area contributed by atoms with Crippen LogP contribution in [0.2, 0.25) is 0 Å². The summed E-state index contributed by atoms with van der Waals surface area (Å²) in [5, 5.41) is 3.49. The Labute approximate surface area is 187 Å². The van der Waals surface area contributed by atoms with Gasteiger partial charge in [-0.25, -0.2) is 14.8 Å². The van der Waals surface area contributed by atoms with Crippen molar-refractivity contribution < 1.29 is 14.3 Å². The molecule has 3 heterocycles. The van der Waals surface area contributed by atoms with Crippen molar-refractivity contribution in [3.05, 3.63) is 50.4 Å². The van der Waals surface area contributed by atoms with E-state index in [2.05, 4.69) is 15.3 Å². The number of hydrogen-bond donors (Lipinski definition) is 1. The van der Waals surface area contributed by atoms with Gasteiger partial charge in [0.2, 0.25) is 12.7 Å². The van der Waals surface area contributed by atoms with Crippen molar-refractivity contribution in [1.82, 2.24) is 24.4 Å². The topological polar surface area (TPSA) is 117 Å². The van der Waals surface area contributed by atoms with Crippen LogP contribution in [-0.4, -0.2) is 37.6 Å². The minimum Gasteiger partial charge on any atom is -0.454 e. The Morgan fingerprint density at radius 2 is 1.94 bits per heavy atom. The molecule has 1 aromatic carbocycles. The number of benzene rings is 1. The lowest BCUT2D eigenvalue weighted by atomic mass is 10.2. The second kappa shape index (κ2) is 9.03. The van der Waals surface area contributed by atoms with Gasteiger partial charge >= 0.3 is 5.69 Å². The van der Waals surface area contributed by atoms with Crippen LogP contribution in [0.15, 0.2) is 32.8 Å². The fourth-order valence-corrected chi connectivity index (χ4v) is 4.21. The number of aryl methyl sites for hydroxylation is 2. The van der Waals surface area contributed by atoms with Crippen LogP contribution in [0.3, 0.4) is 0 Å².